The van der Waals surface area contributed by atoms with E-state index >= 15 is 0 Å². The van der Waals surface area contributed by atoms with Gasteiger partial charge in [0, 0.05) is 41.6 Å². The van der Waals surface area contributed by atoms with Crippen molar-refractivity contribution in [2.75, 3.05) is 5.32 Å². The van der Waals surface area contributed by atoms with Crippen LogP contribution in [-0.4, -0.2) is 24.7 Å². The summed E-state index contributed by atoms with van der Waals surface area (Å²) in [6.45, 7) is 5.47. The molecule has 148 valence electrons. The smallest absolute Gasteiger partial charge is 0.173 e. The van der Waals surface area contributed by atoms with Gasteiger partial charge in [0.2, 0.25) is 0 Å². The number of thiocarbonyl (C=S) groups is 1. The van der Waals surface area contributed by atoms with E-state index in [-0.39, 0.29) is 6.54 Å². The highest BCUT2D eigenvalue weighted by atomic mass is 35.5. The summed E-state index contributed by atoms with van der Waals surface area (Å²) in [7, 11) is 0. The third-order valence-corrected chi connectivity index (χ3v) is 5.02. The Morgan fingerprint density at radius 2 is 1.96 bits per heavy atom. The molecule has 0 aliphatic carbocycles. The molecule has 2 heterocycles. The first kappa shape index (κ1) is 20.6. The maximum atomic E-state index is 14.0. The molecule has 6 nitrogen and oxygen atoms in total. The molecule has 3 aromatic rings. The van der Waals surface area contributed by atoms with E-state index in [2.05, 4.69) is 20.8 Å². The number of rotatable bonds is 6. The molecule has 0 radical (unpaired) electrons. The van der Waals surface area contributed by atoms with Crippen LogP contribution in [0.5, 0.6) is 0 Å². The number of halogens is 3. The van der Waals surface area contributed by atoms with Gasteiger partial charge in [0.1, 0.15) is 10.8 Å². The summed E-state index contributed by atoms with van der Waals surface area (Å²) >= 11 is 17.6. The third-order valence-electron chi connectivity index (χ3n) is 4.14. The molecule has 2 N–H and O–H groups in total. The molecule has 0 spiro atoms. The molecule has 0 atom stereocenters. The minimum absolute atomic E-state index is 0.155. The zero-order chi connectivity index (χ0) is 20.3. The molecule has 0 aliphatic heterocycles. The molecular weight excluding hydrogens is 422 g/mol. The number of anilines is 1. The summed E-state index contributed by atoms with van der Waals surface area (Å²) in [4.78, 5) is 0. The summed E-state index contributed by atoms with van der Waals surface area (Å²) in [5, 5.41) is 15.9. The van der Waals surface area contributed by atoms with Crippen molar-refractivity contribution in [3.63, 3.8) is 0 Å². The highest BCUT2D eigenvalue weighted by Gasteiger charge is 2.13. The third kappa shape index (κ3) is 4.81. The Kier molecular flexibility index (Phi) is 6.53. The van der Waals surface area contributed by atoms with Crippen molar-refractivity contribution in [3.8, 4) is 0 Å². The lowest BCUT2D eigenvalue weighted by molar-refractivity contribution is 0.586. The number of benzene rings is 1. The van der Waals surface area contributed by atoms with E-state index in [1.54, 1.807) is 18.3 Å². The average molecular weight is 441 g/mol. The lowest BCUT2D eigenvalue weighted by Crippen LogP contribution is -2.28. The number of nitrogens with zero attached hydrogens (tertiary/aromatic N) is 4. The van der Waals surface area contributed by atoms with Gasteiger partial charge in [0.15, 0.2) is 10.9 Å². The fourth-order valence-electron chi connectivity index (χ4n) is 2.63. The first-order valence-electron chi connectivity index (χ1n) is 8.61. The summed E-state index contributed by atoms with van der Waals surface area (Å²) in [6.07, 6.45) is 3.56. The number of aryl methyl sites for hydroxylation is 2. The van der Waals surface area contributed by atoms with E-state index in [0.717, 1.165) is 17.8 Å². The fraction of sp³-hybridized carbons (Fsp3) is 0.278. The van der Waals surface area contributed by atoms with Gasteiger partial charge < -0.3 is 10.6 Å². The normalized spacial score (nSPS) is 10.9. The second kappa shape index (κ2) is 8.89. The number of hydrogen-bond acceptors (Lipinski definition) is 3. The van der Waals surface area contributed by atoms with Crippen molar-refractivity contribution < 1.29 is 4.39 Å². The molecule has 1 aromatic carbocycles. The van der Waals surface area contributed by atoms with Crippen LogP contribution in [0.3, 0.4) is 0 Å². The van der Waals surface area contributed by atoms with E-state index in [1.807, 2.05) is 24.7 Å². The molecule has 0 amide bonds. The largest absolute Gasteiger partial charge is 0.358 e. The summed E-state index contributed by atoms with van der Waals surface area (Å²) in [5.41, 5.74) is 2.34. The topological polar surface area (TPSA) is 59.7 Å². The number of hydrogen-bond donors (Lipinski definition) is 2. The average Bonchev–Trinajstić information content (AvgIpc) is 3.18. The van der Waals surface area contributed by atoms with Crippen molar-refractivity contribution in [2.45, 2.75) is 33.5 Å². The number of aromatic nitrogens is 4. The maximum absolute atomic E-state index is 14.0. The van der Waals surface area contributed by atoms with Crippen LogP contribution >= 0.6 is 35.4 Å². The second-order valence-electron chi connectivity index (χ2n) is 6.13. The van der Waals surface area contributed by atoms with Crippen molar-refractivity contribution in [3.05, 3.63) is 63.3 Å². The van der Waals surface area contributed by atoms with Crippen LogP contribution in [0.15, 0.2) is 30.6 Å². The summed E-state index contributed by atoms with van der Waals surface area (Å²) in [6, 6.07) is 4.54. The quantitative estimate of drug-likeness (QED) is 0.556. The molecule has 0 fully saturated rings. The minimum Gasteiger partial charge on any atom is -0.358 e. The molecular formula is C18H19Cl2FN6S. The lowest BCUT2D eigenvalue weighted by Gasteiger charge is -2.08. The molecule has 3 rings (SSSR count). The SMILES string of the molecule is CCn1cc(CNC(=S)Nc2nn(Cc3c(F)cccc3Cl)cc2Cl)c(C)n1. The first-order chi connectivity index (χ1) is 13.4. The Morgan fingerprint density at radius 3 is 2.64 bits per heavy atom. The van der Waals surface area contributed by atoms with Crippen molar-refractivity contribution in [1.82, 2.24) is 24.9 Å². The number of nitrogens with one attached hydrogen (secondary N) is 2. The van der Waals surface area contributed by atoms with E-state index in [4.69, 9.17) is 35.4 Å². The van der Waals surface area contributed by atoms with Gasteiger partial charge in [-0.25, -0.2) is 4.39 Å². The lowest BCUT2D eigenvalue weighted by atomic mass is 10.2. The Hall–Kier alpha value is -2.16. The Balaban J connectivity index is 1.63. The van der Waals surface area contributed by atoms with E-state index < -0.39 is 5.82 Å². The molecule has 0 saturated carbocycles. The molecule has 0 aliphatic rings. The van der Waals surface area contributed by atoms with E-state index in [0.29, 0.717) is 33.1 Å². The maximum Gasteiger partial charge on any atom is 0.173 e. The van der Waals surface area contributed by atoms with Gasteiger partial charge in [-0.15, -0.1) is 0 Å². The van der Waals surface area contributed by atoms with Crippen LogP contribution < -0.4 is 10.6 Å². The first-order valence-corrected chi connectivity index (χ1v) is 9.77. The summed E-state index contributed by atoms with van der Waals surface area (Å²) < 4.78 is 17.3. The van der Waals surface area contributed by atoms with Gasteiger partial charge in [0.25, 0.3) is 0 Å². The monoisotopic (exact) mass is 440 g/mol. The van der Waals surface area contributed by atoms with Gasteiger partial charge >= 0.3 is 0 Å². The zero-order valence-corrected chi connectivity index (χ0v) is 17.7. The van der Waals surface area contributed by atoms with Gasteiger partial charge in [-0.2, -0.15) is 10.2 Å². The molecule has 0 bridgehead atoms. The second-order valence-corrected chi connectivity index (χ2v) is 7.35. The van der Waals surface area contributed by atoms with Crippen molar-refractivity contribution in [1.29, 1.82) is 0 Å². The molecule has 0 saturated heterocycles. The molecule has 28 heavy (non-hydrogen) atoms. The summed E-state index contributed by atoms with van der Waals surface area (Å²) in [5.74, 6) is -0.0126. The van der Waals surface area contributed by atoms with Gasteiger partial charge in [-0.05, 0) is 38.2 Å². The van der Waals surface area contributed by atoms with E-state index in [1.165, 1.54) is 10.7 Å². The Labute approximate surface area is 177 Å². The van der Waals surface area contributed by atoms with Crippen LogP contribution in [-0.2, 0) is 19.6 Å². The predicted octanol–water partition coefficient (Wildman–Crippen LogP) is 4.39. The Bertz CT molecular complexity index is 980. The zero-order valence-electron chi connectivity index (χ0n) is 15.3. The predicted molar refractivity (Wildman–Crippen MR) is 113 cm³/mol. The van der Waals surface area contributed by atoms with Crippen LogP contribution in [0, 0.1) is 12.7 Å². The molecule has 2 aromatic heterocycles. The highest BCUT2D eigenvalue weighted by Crippen LogP contribution is 2.23. The van der Waals surface area contributed by atoms with Crippen LogP contribution in [0.25, 0.3) is 0 Å². The van der Waals surface area contributed by atoms with Gasteiger partial charge in [0.05, 0.1) is 12.2 Å². The minimum atomic E-state index is -0.395. The van der Waals surface area contributed by atoms with Gasteiger partial charge in [-0.1, -0.05) is 29.3 Å². The van der Waals surface area contributed by atoms with Crippen molar-refractivity contribution in [2.24, 2.45) is 0 Å². The molecule has 10 heteroatoms. The highest BCUT2D eigenvalue weighted by molar-refractivity contribution is 7.80. The molecule has 0 unspecified atom stereocenters. The van der Waals surface area contributed by atoms with Crippen LogP contribution in [0.1, 0.15) is 23.7 Å². The van der Waals surface area contributed by atoms with Gasteiger partial charge in [-0.3, -0.25) is 9.36 Å². The van der Waals surface area contributed by atoms with Crippen LogP contribution in [0.4, 0.5) is 10.2 Å². The standard InChI is InChI=1S/C18H19Cl2FN6S/c1-3-26-8-12(11(2)24-26)7-22-18(28)23-17-15(20)10-27(25-17)9-13-14(19)5-4-6-16(13)21/h4-6,8,10H,3,7,9H2,1-2H3,(H2,22,23,25,28). The Morgan fingerprint density at radius 1 is 1.18 bits per heavy atom. The van der Waals surface area contributed by atoms with Crippen molar-refractivity contribution >= 4 is 46.4 Å². The fourth-order valence-corrected chi connectivity index (χ4v) is 3.22. The van der Waals surface area contributed by atoms with E-state index in [9.17, 15) is 4.39 Å². The van der Waals surface area contributed by atoms with Crippen LogP contribution in [0.2, 0.25) is 10.0 Å².